The Labute approximate surface area is 170 Å². The van der Waals surface area contributed by atoms with Crippen molar-refractivity contribution < 1.29 is 4.79 Å². The van der Waals surface area contributed by atoms with E-state index in [1.165, 1.54) is 0 Å². The highest BCUT2D eigenvalue weighted by Crippen LogP contribution is 2.24. The lowest BCUT2D eigenvalue weighted by atomic mass is 10.1. The fraction of sp³-hybridized carbons (Fsp3) is 0.143. The number of hydrogen-bond donors (Lipinski definition) is 1. The van der Waals surface area contributed by atoms with Gasteiger partial charge in [0.05, 0.1) is 6.54 Å². The Balaban J connectivity index is 1.86. The summed E-state index contributed by atoms with van der Waals surface area (Å²) in [5.74, 6) is -0.362. The van der Waals surface area contributed by atoms with Crippen molar-refractivity contribution in [2.45, 2.75) is 20.4 Å². The van der Waals surface area contributed by atoms with Crippen LogP contribution < -0.4 is 5.32 Å². The summed E-state index contributed by atoms with van der Waals surface area (Å²) >= 11 is 5.02. The maximum absolute atomic E-state index is 12.4. The zero-order chi connectivity index (χ0) is 19.4. The van der Waals surface area contributed by atoms with Crippen LogP contribution in [0.3, 0.4) is 0 Å². The van der Waals surface area contributed by atoms with Crippen molar-refractivity contribution in [3.05, 3.63) is 79.7 Å². The third-order valence-corrected chi connectivity index (χ3v) is 5.63. The molecule has 0 saturated carbocycles. The third kappa shape index (κ3) is 4.38. The Hall–Kier alpha value is -2.62. The molecule has 3 rings (SSSR count). The molecule has 1 amide bonds. The summed E-state index contributed by atoms with van der Waals surface area (Å²) < 4.78 is 3.12. The number of nitrogens with zero attached hydrogens (tertiary/aromatic N) is 2. The minimum absolute atomic E-state index is 0.0996. The topological polar surface area (TPSA) is 57.8 Å². The number of thiophene rings is 1. The number of carbonyl (C=O) groups excluding carboxylic acids is 1. The fourth-order valence-corrected chi connectivity index (χ4v) is 3.81. The van der Waals surface area contributed by atoms with Gasteiger partial charge in [-0.15, -0.1) is 11.3 Å². The van der Waals surface area contributed by atoms with Crippen LogP contribution in [0.2, 0.25) is 0 Å². The molecule has 3 aromatic rings. The van der Waals surface area contributed by atoms with E-state index < -0.39 is 0 Å². The van der Waals surface area contributed by atoms with E-state index in [9.17, 15) is 10.1 Å². The van der Waals surface area contributed by atoms with Crippen LogP contribution in [0.4, 0.5) is 0 Å². The Bertz CT molecular complexity index is 1020. The number of nitriles is 1. The number of aryl methyl sites for hydroxylation is 1. The first kappa shape index (κ1) is 19.2. The van der Waals surface area contributed by atoms with Gasteiger partial charge in [0.25, 0.3) is 5.91 Å². The van der Waals surface area contributed by atoms with Gasteiger partial charge in [-0.25, -0.2) is 0 Å². The van der Waals surface area contributed by atoms with E-state index in [4.69, 9.17) is 0 Å². The summed E-state index contributed by atoms with van der Waals surface area (Å²) in [4.78, 5) is 13.4. The molecule has 1 aromatic carbocycles. The van der Waals surface area contributed by atoms with Gasteiger partial charge in [0.2, 0.25) is 0 Å². The van der Waals surface area contributed by atoms with Crippen LogP contribution in [0.15, 0.2) is 57.9 Å². The molecule has 0 aliphatic rings. The average Bonchev–Trinajstić information content (AvgIpc) is 3.27. The Morgan fingerprint density at radius 3 is 2.67 bits per heavy atom. The molecule has 2 heterocycles. The second-order valence-electron chi connectivity index (χ2n) is 6.07. The Morgan fingerprint density at radius 2 is 2.04 bits per heavy atom. The van der Waals surface area contributed by atoms with Crippen molar-refractivity contribution in [3.63, 3.8) is 0 Å². The maximum Gasteiger partial charge on any atom is 0.262 e. The molecule has 0 fully saturated rings. The fourth-order valence-electron chi connectivity index (χ4n) is 2.90. The molecule has 0 unspecified atom stereocenters. The molecule has 2 aromatic heterocycles. The smallest absolute Gasteiger partial charge is 0.262 e. The minimum atomic E-state index is -0.362. The summed E-state index contributed by atoms with van der Waals surface area (Å²) in [7, 11) is 0. The minimum Gasteiger partial charge on any atom is -0.347 e. The van der Waals surface area contributed by atoms with Crippen LogP contribution >= 0.6 is 27.3 Å². The lowest BCUT2D eigenvalue weighted by molar-refractivity contribution is -0.117. The largest absolute Gasteiger partial charge is 0.347 e. The van der Waals surface area contributed by atoms with Crippen molar-refractivity contribution in [3.8, 4) is 11.8 Å². The number of aromatic nitrogens is 1. The summed E-state index contributed by atoms with van der Waals surface area (Å²) in [6, 6.07) is 15.9. The van der Waals surface area contributed by atoms with Gasteiger partial charge in [0, 0.05) is 26.4 Å². The van der Waals surface area contributed by atoms with Gasteiger partial charge < -0.3 is 9.88 Å². The lowest BCUT2D eigenvalue weighted by Crippen LogP contribution is -2.23. The second kappa shape index (κ2) is 8.38. The van der Waals surface area contributed by atoms with Crippen LogP contribution in [-0.4, -0.2) is 10.5 Å². The average molecular weight is 440 g/mol. The van der Waals surface area contributed by atoms with E-state index in [1.54, 1.807) is 17.4 Å². The van der Waals surface area contributed by atoms with E-state index in [2.05, 4.69) is 25.8 Å². The molecular formula is C21H18BrN3OS. The van der Waals surface area contributed by atoms with Gasteiger partial charge in [0.1, 0.15) is 11.6 Å². The van der Waals surface area contributed by atoms with Crippen molar-refractivity contribution in [2.75, 3.05) is 0 Å². The molecule has 27 heavy (non-hydrogen) atoms. The molecule has 0 aliphatic heterocycles. The van der Waals surface area contributed by atoms with E-state index in [1.807, 2.05) is 67.8 Å². The molecule has 0 radical (unpaired) electrons. The van der Waals surface area contributed by atoms with E-state index in [-0.39, 0.29) is 11.5 Å². The Morgan fingerprint density at radius 1 is 1.30 bits per heavy atom. The maximum atomic E-state index is 12.4. The van der Waals surface area contributed by atoms with Crippen molar-refractivity contribution in [2.24, 2.45) is 0 Å². The van der Waals surface area contributed by atoms with Crippen molar-refractivity contribution in [1.29, 1.82) is 5.26 Å². The summed E-state index contributed by atoms with van der Waals surface area (Å²) in [5.41, 5.74) is 4.01. The van der Waals surface area contributed by atoms with Gasteiger partial charge in [-0.05, 0) is 67.3 Å². The molecule has 0 spiro atoms. The molecular weight excluding hydrogens is 422 g/mol. The predicted octanol–water partition coefficient (Wildman–Crippen LogP) is 5.14. The van der Waals surface area contributed by atoms with Gasteiger partial charge in [-0.3, -0.25) is 4.79 Å². The standard InChI is InChI=1S/C21H18BrN3OS/c1-14-10-16(15(2)25(14)19-7-5-18(22)6-8-19)11-17(12-23)21(26)24-13-20-4-3-9-27-20/h3-11H,13H2,1-2H3,(H,24,26)/b17-11+. The highest BCUT2D eigenvalue weighted by atomic mass is 79.9. The third-order valence-electron chi connectivity index (χ3n) is 4.22. The van der Waals surface area contributed by atoms with Gasteiger partial charge in [0.15, 0.2) is 0 Å². The number of halogens is 1. The van der Waals surface area contributed by atoms with Gasteiger partial charge in [-0.1, -0.05) is 22.0 Å². The zero-order valence-electron chi connectivity index (χ0n) is 15.0. The first-order valence-electron chi connectivity index (χ1n) is 8.37. The number of hydrogen-bond acceptors (Lipinski definition) is 3. The molecule has 6 heteroatoms. The molecule has 0 aliphatic carbocycles. The summed E-state index contributed by atoms with van der Waals surface area (Å²) in [6.07, 6.45) is 1.65. The molecule has 0 atom stereocenters. The number of benzene rings is 1. The van der Waals surface area contributed by atoms with Crippen LogP contribution in [0.5, 0.6) is 0 Å². The SMILES string of the molecule is Cc1cc(/C=C(\C#N)C(=O)NCc2cccs2)c(C)n1-c1ccc(Br)cc1. The normalized spacial score (nSPS) is 11.3. The summed E-state index contributed by atoms with van der Waals surface area (Å²) in [5, 5.41) is 14.2. The van der Waals surface area contributed by atoms with Crippen molar-refractivity contribution >= 4 is 39.2 Å². The molecule has 4 nitrogen and oxygen atoms in total. The molecule has 136 valence electrons. The second-order valence-corrected chi connectivity index (χ2v) is 8.02. The van der Waals surface area contributed by atoms with Crippen LogP contribution in [0, 0.1) is 25.2 Å². The van der Waals surface area contributed by atoms with E-state index in [0.717, 1.165) is 32.0 Å². The van der Waals surface area contributed by atoms with Crippen LogP contribution in [0.25, 0.3) is 11.8 Å². The first-order chi connectivity index (χ1) is 13.0. The monoisotopic (exact) mass is 439 g/mol. The number of amides is 1. The predicted molar refractivity (Wildman–Crippen MR) is 113 cm³/mol. The summed E-state index contributed by atoms with van der Waals surface area (Å²) in [6.45, 7) is 4.42. The van der Waals surface area contributed by atoms with Gasteiger partial charge in [-0.2, -0.15) is 5.26 Å². The van der Waals surface area contributed by atoms with Crippen LogP contribution in [-0.2, 0) is 11.3 Å². The first-order valence-corrected chi connectivity index (χ1v) is 10.0. The van der Waals surface area contributed by atoms with Crippen molar-refractivity contribution in [1.82, 2.24) is 9.88 Å². The van der Waals surface area contributed by atoms with Gasteiger partial charge >= 0.3 is 0 Å². The zero-order valence-corrected chi connectivity index (χ0v) is 17.4. The molecule has 1 N–H and O–H groups in total. The Kier molecular flexibility index (Phi) is 5.94. The highest BCUT2D eigenvalue weighted by Gasteiger charge is 2.13. The number of carbonyl (C=O) groups is 1. The van der Waals surface area contributed by atoms with E-state index in [0.29, 0.717) is 6.54 Å². The number of rotatable bonds is 5. The molecule has 0 bridgehead atoms. The quantitative estimate of drug-likeness (QED) is 0.441. The van der Waals surface area contributed by atoms with E-state index >= 15 is 0 Å². The lowest BCUT2D eigenvalue weighted by Gasteiger charge is -2.09. The highest BCUT2D eigenvalue weighted by molar-refractivity contribution is 9.10. The molecule has 0 saturated heterocycles. The van der Waals surface area contributed by atoms with Crippen LogP contribution in [0.1, 0.15) is 21.8 Å². The number of nitrogens with one attached hydrogen (secondary N) is 1.